The molecule has 1 amide bonds. The van der Waals surface area contributed by atoms with Gasteiger partial charge in [-0.25, -0.2) is 0 Å². The Hall–Kier alpha value is -0.240. The van der Waals surface area contributed by atoms with E-state index in [2.05, 4.69) is 0 Å². The maximum atomic E-state index is 12.2. The number of carbonyl (C=O) groups is 1. The zero-order chi connectivity index (χ0) is 10.4. The summed E-state index contributed by atoms with van der Waals surface area (Å²) in [6, 6.07) is 0. The van der Waals surface area contributed by atoms with E-state index in [0.29, 0.717) is 11.8 Å². The number of hydrogen-bond acceptors (Lipinski definition) is 1. The zero-order valence-electron chi connectivity index (χ0n) is 8.99. The Morgan fingerprint density at radius 2 is 1.80 bits per heavy atom. The highest BCUT2D eigenvalue weighted by molar-refractivity contribution is 6.21. The van der Waals surface area contributed by atoms with E-state index in [1.165, 1.54) is 25.7 Å². The van der Waals surface area contributed by atoms with Gasteiger partial charge >= 0.3 is 0 Å². The predicted molar refractivity (Wildman–Crippen MR) is 59.8 cm³/mol. The Labute approximate surface area is 96.0 Å². The van der Waals surface area contributed by atoms with E-state index in [1.54, 1.807) is 0 Å². The van der Waals surface area contributed by atoms with Crippen LogP contribution in [0.4, 0.5) is 0 Å². The fraction of sp³-hybridized carbons (Fsp3) is 0.917. The SMILES string of the molecule is O=C(C1C2CCCCC21)N1CCC(Cl)C1. The summed E-state index contributed by atoms with van der Waals surface area (Å²) in [6.07, 6.45) is 6.24. The van der Waals surface area contributed by atoms with E-state index in [-0.39, 0.29) is 5.38 Å². The number of fused-ring (bicyclic) bond motifs is 1. The molecule has 15 heavy (non-hydrogen) atoms. The molecule has 2 nitrogen and oxygen atoms in total. The lowest BCUT2D eigenvalue weighted by atomic mass is 10.0. The summed E-state index contributed by atoms with van der Waals surface area (Å²) in [6.45, 7) is 1.68. The topological polar surface area (TPSA) is 20.3 Å². The monoisotopic (exact) mass is 227 g/mol. The van der Waals surface area contributed by atoms with Crippen LogP contribution < -0.4 is 0 Å². The van der Waals surface area contributed by atoms with E-state index in [0.717, 1.165) is 31.3 Å². The molecule has 0 aromatic carbocycles. The van der Waals surface area contributed by atoms with Gasteiger partial charge in [0.25, 0.3) is 0 Å². The number of likely N-dealkylation sites (tertiary alicyclic amines) is 1. The second kappa shape index (κ2) is 3.65. The molecular formula is C12H18ClNO. The minimum absolute atomic E-state index is 0.203. The summed E-state index contributed by atoms with van der Waals surface area (Å²) in [5, 5.41) is 0.203. The normalized spacial score (nSPS) is 43.9. The van der Waals surface area contributed by atoms with Crippen molar-refractivity contribution in [2.24, 2.45) is 17.8 Å². The minimum Gasteiger partial charge on any atom is -0.341 e. The van der Waals surface area contributed by atoms with Crippen molar-refractivity contribution in [1.29, 1.82) is 0 Å². The van der Waals surface area contributed by atoms with Crippen molar-refractivity contribution in [2.75, 3.05) is 13.1 Å². The number of halogens is 1. The molecule has 3 atom stereocenters. The first-order valence-corrected chi connectivity index (χ1v) is 6.64. The van der Waals surface area contributed by atoms with Crippen LogP contribution in [-0.4, -0.2) is 29.3 Å². The van der Waals surface area contributed by atoms with Crippen molar-refractivity contribution < 1.29 is 4.79 Å². The average molecular weight is 228 g/mol. The largest absolute Gasteiger partial charge is 0.341 e. The van der Waals surface area contributed by atoms with Crippen molar-refractivity contribution in [1.82, 2.24) is 4.90 Å². The molecule has 0 aromatic rings. The molecule has 2 saturated carbocycles. The van der Waals surface area contributed by atoms with E-state index in [9.17, 15) is 4.79 Å². The third kappa shape index (κ3) is 1.67. The molecule has 3 fully saturated rings. The van der Waals surface area contributed by atoms with Gasteiger partial charge in [0.2, 0.25) is 5.91 Å². The summed E-state index contributed by atoms with van der Waals surface area (Å²) in [7, 11) is 0. The molecule has 3 unspecified atom stereocenters. The maximum absolute atomic E-state index is 12.2. The summed E-state index contributed by atoms with van der Waals surface area (Å²) in [5.74, 6) is 2.27. The fourth-order valence-corrected chi connectivity index (χ4v) is 3.75. The van der Waals surface area contributed by atoms with E-state index in [1.807, 2.05) is 4.90 Å². The molecule has 0 aromatic heterocycles. The van der Waals surface area contributed by atoms with Crippen molar-refractivity contribution >= 4 is 17.5 Å². The molecular weight excluding hydrogens is 210 g/mol. The Bertz CT molecular complexity index is 269. The molecule has 0 radical (unpaired) electrons. The molecule has 1 heterocycles. The Morgan fingerprint density at radius 3 is 2.33 bits per heavy atom. The first-order valence-electron chi connectivity index (χ1n) is 6.20. The quantitative estimate of drug-likeness (QED) is 0.630. The van der Waals surface area contributed by atoms with Gasteiger partial charge in [0, 0.05) is 19.0 Å². The van der Waals surface area contributed by atoms with Gasteiger partial charge in [-0.05, 0) is 31.1 Å². The number of alkyl halides is 1. The molecule has 3 aliphatic rings. The van der Waals surface area contributed by atoms with Crippen molar-refractivity contribution in [3.05, 3.63) is 0 Å². The van der Waals surface area contributed by atoms with Gasteiger partial charge in [-0.2, -0.15) is 0 Å². The van der Waals surface area contributed by atoms with Crippen LogP contribution in [0.25, 0.3) is 0 Å². The number of hydrogen-bond donors (Lipinski definition) is 0. The van der Waals surface area contributed by atoms with Gasteiger partial charge in [-0.3, -0.25) is 4.79 Å². The summed E-state index contributed by atoms with van der Waals surface area (Å²) in [5.41, 5.74) is 0. The smallest absolute Gasteiger partial charge is 0.226 e. The van der Waals surface area contributed by atoms with Crippen LogP contribution in [0.15, 0.2) is 0 Å². The molecule has 2 aliphatic carbocycles. The second-order valence-electron chi connectivity index (χ2n) is 5.31. The van der Waals surface area contributed by atoms with Gasteiger partial charge in [-0.1, -0.05) is 12.8 Å². The van der Waals surface area contributed by atoms with E-state index in [4.69, 9.17) is 11.6 Å². The molecule has 84 valence electrons. The van der Waals surface area contributed by atoms with Crippen LogP contribution in [0.3, 0.4) is 0 Å². The van der Waals surface area contributed by atoms with Gasteiger partial charge in [0.1, 0.15) is 0 Å². The summed E-state index contributed by atoms with van der Waals surface area (Å²) >= 11 is 6.04. The van der Waals surface area contributed by atoms with Crippen LogP contribution in [0.1, 0.15) is 32.1 Å². The highest BCUT2D eigenvalue weighted by atomic mass is 35.5. The first-order chi connectivity index (χ1) is 7.27. The highest BCUT2D eigenvalue weighted by Gasteiger charge is 2.56. The van der Waals surface area contributed by atoms with Gasteiger partial charge in [0.05, 0.1) is 5.38 Å². The van der Waals surface area contributed by atoms with E-state index >= 15 is 0 Å². The Balaban J connectivity index is 1.61. The lowest BCUT2D eigenvalue weighted by Gasteiger charge is -2.15. The maximum Gasteiger partial charge on any atom is 0.226 e. The van der Waals surface area contributed by atoms with Gasteiger partial charge in [0.15, 0.2) is 0 Å². The fourth-order valence-electron chi connectivity index (χ4n) is 3.49. The molecule has 0 spiro atoms. The Morgan fingerprint density at radius 1 is 1.13 bits per heavy atom. The summed E-state index contributed by atoms with van der Waals surface area (Å²) in [4.78, 5) is 14.2. The van der Waals surface area contributed by atoms with Crippen LogP contribution in [0, 0.1) is 17.8 Å². The molecule has 1 aliphatic heterocycles. The number of carbonyl (C=O) groups excluding carboxylic acids is 1. The van der Waals surface area contributed by atoms with Crippen molar-refractivity contribution in [2.45, 2.75) is 37.5 Å². The highest BCUT2D eigenvalue weighted by Crippen LogP contribution is 2.56. The zero-order valence-corrected chi connectivity index (χ0v) is 9.75. The molecule has 3 rings (SSSR count). The van der Waals surface area contributed by atoms with Gasteiger partial charge < -0.3 is 4.90 Å². The average Bonchev–Trinajstić information content (AvgIpc) is 2.82. The van der Waals surface area contributed by atoms with Crippen LogP contribution in [-0.2, 0) is 4.79 Å². The van der Waals surface area contributed by atoms with E-state index < -0.39 is 0 Å². The lowest BCUT2D eigenvalue weighted by molar-refractivity contribution is -0.132. The third-order valence-electron chi connectivity index (χ3n) is 4.38. The first kappa shape index (κ1) is 9.95. The standard InChI is InChI=1S/C12H18ClNO/c13-8-5-6-14(7-8)12(15)11-9-3-1-2-4-10(9)11/h8-11H,1-7H2. The lowest BCUT2D eigenvalue weighted by Crippen LogP contribution is -2.31. The van der Waals surface area contributed by atoms with Crippen molar-refractivity contribution in [3.8, 4) is 0 Å². The molecule has 3 heteroatoms. The Kier molecular flexibility index (Phi) is 2.42. The molecule has 0 N–H and O–H groups in total. The molecule has 1 saturated heterocycles. The number of rotatable bonds is 1. The van der Waals surface area contributed by atoms with Crippen LogP contribution in [0.2, 0.25) is 0 Å². The van der Waals surface area contributed by atoms with Crippen LogP contribution in [0.5, 0.6) is 0 Å². The van der Waals surface area contributed by atoms with Crippen molar-refractivity contribution in [3.63, 3.8) is 0 Å². The predicted octanol–water partition coefficient (Wildman–Crippen LogP) is 2.26. The number of nitrogens with zero attached hydrogens (tertiary/aromatic N) is 1. The second-order valence-corrected chi connectivity index (χ2v) is 5.93. The minimum atomic E-state index is 0.203. The van der Waals surface area contributed by atoms with Crippen LogP contribution >= 0.6 is 11.6 Å². The van der Waals surface area contributed by atoms with Gasteiger partial charge in [-0.15, -0.1) is 11.6 Å². The third-order valence-corrected chi connectivity index (χ3v) is 4.74. The summed E-state index contributed by atoms with van der Waals surface area (Å²) < 4.78 is 0. The number of amides is 1. The molecule has 0 bridgehead atoms.